The Morgan fingerprint density at radius 1 is 1.40 bits per heavy atom. The van der Waals surface area contributed by atoms with E-state index in [9.17, 15) is 9.59 Å². The zero-order valence-electron chi connectivity index (χ0n) is 12.7. The molecule has 2 aliphatic heterocycles. The van der Waals surface area contributed by atoms with Gasteiger partial charge in [0, 0.05) is 12.2 Å². The highest BCUT2D eigenvalue weighted by atomic mass is 32.2. The van der Waals surface area contributed by atoms with Gasteiger partial charge < -0.3 is 9.64 Å². The van der Waals surface area contributed by atoms with E-state index in [-0.39, 0.29) is 17.2 Å². The van der Waals surface area contributed by atoms with E-state index in [2.05, 4.69) is 18.7 Å². The van der Waals surface area contributed by atoms with Crippen LogP contribution < -0.4 is 0 Å². The Labute approximate surface area is 124 Å². The molecular weight excluding hydrogens is 274 g/mol. The lowest BCUT2D eigenvalue weighted by Gasteiger charge is -2.38. The maximum absolute atomic E-state index is 12.2. The third kappa shape index (κ3) is 2.64. The normalized spacial score (nSPS) is 21.1. The zero-order chi connectivity index (χ0) is 15.1. The molecular formula is C15H21NO3S. The average Bonchev–Trinajstić information content (AvgIpc) is 2.65. The second kappa shape index (κ2) is 5.28. The van der Waals surface area contributed by atoms with Gasteiger partial charge in [-0.3, -0.25) is 4.79 Å². The molecule has 0 N–H and O–H groups in total. The summed E-state index contributed by atoms with van der Waals surface area (Å²) in [4.78, 5) is 26.7. The second-order valence-electron chi connectivity index (χ2n) is 6.00. The van der Waals surface area contributed by atoms with Crippen molar-refractivity contribution in [1.29, 1.82) is 0 Å². The van der Waals surface area contributed by atoms with Crippen molar-refractivity contribution in [1.82, 2.24) is 4.90 Å². The van der Waals surface area contributed by atoms with Crippen molar-refractivity contribution in [2.24, 2.45) is 5.41 Å². The standard InChI is InChI=1S/C15H21NO3S/c1-6-19-14(18)11-7-15(4,5)8-16-9(2)12(10(3)17)20-13(11)16/h6-8H2,1-5H3. The third-order valence-electron chi connectivity index (χ3n) is 3.52. The van der Waals surface area contributed by atoms with Crippen LogP contribution in [0.15, 0.2) is 21.2 Å². The van der Waals surface area contributed by atoms with E-state index in [1.807, 2.05) is 6.92 Å². The van der Waals surface area contributed by atoms with Crippen molar-refractivity contribution >= 4 is 23.5 Å². The Bertz CT molecular complexity index is 531. The van der Waals surface area contributed by atoms with Gasteiger partial charge >= 0.3 is 5.97 Å². The smallest absolute Gasteiger partial charge is 0.336 e. The van der Waals surface area contributed by atoms with Gasteiger partial charge in [-0.1, -0.05) is 25.6 Å². The van der Waals surface area contributed by atoms with Crippen LogP contribution in [0.2, 0.25) is 0 Å². The largest absolute Gasteiger partial charge is 0.463 e. The fraction of sp³-hybridized carbons (Fsp3) is 0.600. The van der Waals surface area contributed by atoms with Crippen molar-refractivity contribution in [3.05, 3.63) is 21.2 Å². The van der Waals surface area contributed by atoms with Gasteiger partial charge in [0.25, 0.3) is 0 Å². The molecule has 0 aromatic heterocycles. The number of allylic oxidation sites excluding steroid dienone is 2. The van der Waals surface area contributed by atoms with Crippen LogP contribution in [-0.4, -0.2) is 29.8 Å². The monoisotopic (exact) mass is 295 g/mol. The molecule has 0 bridgehead atoms. The van der Waals surface area contributed by atoms with E-state index in [0.29, 0.717) is 18.6 Å². The lowest BCUT2D eigenvalue weighted by Crippen LogP contribution is -2.37. The summed E-state index contributed by atoms with van der Waals surface area (Å²) in [5.41, 5.74) is 1.63. The summed E-state index contributed by atoms with van der Waals surface area (Å²) in [5.74, 6) is -0.208. The molecule has 0 fully saturated rings. The average molecular weight is 295 g/mol. The lowest BCUT2D eigenvalue weighted by atomic mass is 9.82. The van der Waals surface area contributed by atoms with Gasteiger partial charge in [-0.15, -0.1) is 0 Å². The summed E-state index contributed by atoms with van der Waals surface area (Å²) in [6.45, 7) is 10.8. The quantitative estimate of drug-likeness (QED) is 0.749. The molecule has 0 radical (unpaired) electrons. The number of ether oxygens (including phenoxy) is 1. The number of carbonyl (C=O) groups excluding carboxylic acids is 2. The minimum atomic E-state index is -0.259. The van der Waals surface area contributed by atoms with Crippen LogP contribution >= 0.6 is 11.8 Å². The molecule has 2 heterocycles. The SMILES string of the molecule is CCOC(=O)C1=C2SC(C(C)=O)=C(C)N2CC(C)(C)C1. The summed E-state index contributed by atoms with van der Waals surface area (Å²) in [7, 11) is 0. The summed E-state index contributed by atoms with van der Waals surface area (Å²) in [5, 5.41) is 0.880. The Morgan fingerprint density at radius 3 is 2.60 bits per heavy atom. The van der Waals surface area contributed by atoms with E-state index < -0.39 is 0 Å². The number of fused-ring (bicyclic) bond motifs is 1. The number of Topliss-reactive ketones (excluding diaryl/α,β-unsaturated/α-hetero) is 1. The number of hydrogen-bond donors (Lipinski definition) is 0. The van der Waals surface area contributed by atoms with Crippen LogP contribution in [-0.2, 0) is 14.3 Å². The van der Waals surface area contributed by atoms with Gasteiger partial charge in [0.2, 0.25) is 0 Å². The highest BCUT2D eigenvalue weighted by Crippen LogP contribution is 2.49. The van der Waals surface area contributed by atoms with Crippen LogP contribution in [0.5, 0.6) is 0 Å². The van der Waals surface area contributed by atoms with Gasteiger partial charge in [-0.25, -0.2) is 4.79 Å². The number of ketones is 1. The van der Waals surface area contributed by atoms with Crippen LogP contribution in [0.3, 0.4) is 0 Å². The Hall–Kier alpha value is -1.23. The van der Waals surface area contributed by atoms with Crippen LogP contribution in [0.1, 0.15) is 41.0 Å². The highest BCUT2D eigenvalue weighted by Gasteiger charge is 2.41. The molecule has 4 nitrogen and oxygen atoms in total. The number of hydrogen-bond acceptors (Lipinski definition) is 5. The summed E-state index contributed by atoms with van der Waals surface area (Å²) in [6.07, 6.45) is 0.684. The van der Waals surface area contributed by atoms with Gasteiger partial charge in [0.15, 0.2) is 5.78 Å². The summed E-state index contributed by atoms with van der Waals surface area (Å²) in [6, 6.07) is 0. The van der Waals surface area contributed by atoms with Crippen molar-refractivity contribution < 1.29 is 14.3 Å². The van der Waals surface area contributed by atoms with E-state index in [1.54, 1.807) is 13.8 Å². The molecule has 2 rings (SSSR count). The van der Waals surface area contributed by atoms with E-state index in [1.165, 1.54) is 11.8 Å². The third-order valence-corrected chi connectivity index (χ3v) is 4.97. The van der Waals surface area contributed by atoms with Gasteiger partial charge in [0.05, 0.1) is 22.1 Å². The number of carbonyl (C=O) groups is 2. The lowest BCUT2D eigenvalue weighted by molar-refractivity contribution is -0.139. The van der Waals surface area contributed by atoms with Crippen LogP contribution in [0, 0.1) is 5.41 Å². The second-order valence-corrected chi connectivity index (χ2v) is 7.00. The topological polar surface area (TPSA) is 46.6 Å². The van der Waals surface area contributed by atoms with Crippen molar-refractivity contribution in [3.63, 3.8) is 0 Å². The Kier molecular flexibility index (Phi) is 4.00. The summed E-state index contributed by atoms with van der Waals surface area (Å²) < 4.78 is 5.17. The molecule has 2 aliphatic rings. The van der Waals surface area contributed by atoms with Gasteiger partial charge in [-0.05, 0) is 32.6 Å². The number of rotatable bonds is 3. The van der Waals surface area contributed by atoms with Crippen molar-refractivity contribution in [3.8, 4) is 0 Å². The molecule has 0 atom stereocenters. The maximum atomic E-state index is 12.2. The van der Waals surface area contributed by atoms with Crippen LogP contribution in [0.25, 0.3) is 0 Å². The minimum Gasteiger partial charge on any atom is -0.463 e. The molecule has 0 aliphatic carbocycles. The van der Waals surface area contributed by atoms with E-state index in [0.717, 1.165) is 22.2 Å². The van der Waals surface area contributed by atoms with Gasteiger partial charge in [-0.2, -0.15) is 0 Å². The predicted molar refractivity (Wildman–Crippen MR) is 79.7 cm³/mol. The first kappa shape index (κ1) is 15.2. The first-order valence-electron chi connectivity index (χ1n) is 6.84. The Balaban J connectivity index is 2.45. The van der Waals surface area contributed by atoms with E-state index in [4.69, 9.17) is 4.74 Å². The van der Waals surface area contributed by atoms with E-state index >= 15 is 0 Å². The van der Waals surface area contributed by atoms with Crippen molar-refractivity contribution in [2.75, 3.05) is 13.2 Å². The molecule has 5 heteroatoms. The molecule has 0 spiro atoms. The predicted octanol–water partition coefficient (Wildman–Crippen LogP) is 3.06. The first-order valence-corrected chi connectivity index (χ1v) is 7.66. The molecule has 0 saturated carbocycles. The Morgan fingerprint density at radius 2 is 2.05 bits per heavy atom. The molecule has 0 aromatic rings. The molecule has 0 aromatic carbocycles. The fourth-order valence-electron chi connectivity index (χ4n) is 2.66. The first-order chi connectivity index (χ1) is 9.26. The molecule has 0 saturated heterocycles. The van der Waals surface area contributed by atoms with Crippen LogP contribution in [0.4, 0.5) is 0 Å². The number of thioether (sulfide) groups is 1. The van der Waals surface area contributed by atoms with Crippen molar-refractivity contribution in [2.45, 2.75) is 41.0 Å². The fourth-order valence-corrected chi connectivity index (χ4v) is 3.84. The molecule has 0 unspecified atom stereocenters. The number of nitrogens with zero attached hydrogens (tertiary/aromatic N) is 1. The molecule has 0 amide bonds. The molecule has 20 heavy (non-hydrogen) atoms. The summed E-state index contributed by atoms with van der Waals surface area (Å²) >= 11 is 1.41. The highest BCUT2D eigenvalue weighted by molar-refractivity contribution is 8.07. The minimum absolute atomic E-state index is 0.0142. The molecule has 110 valence electrons. The van der Waals surface area contributed by atoms with Gasteiger partial charge in [0.1, 0.15) is 0 Å². The zero-order valence-corrected chi connectivity index (χ0v) is 13.5. The number of esters is 1. The maximum Gasteiger partial charge on any atom is 0.336 e.